The lowest BCUT2D eigenvalue weighted by molar-refractivity contribution is -0.00000689. The standard InChI is InChI=1S/C32H26N2PS.ClH/c1-5-14-27(15-6-1)34-24-26(32(33-34)31-22-13-23-36-31)25-35(28-16-7-2-8-17-28,29-18-9-3-10-19-29)30-20-11-4-12-21-30;/h1-24H,25H2;1H/q+1;/p-1. The van der Waals surface area contributed by atoms with Gasteiger partial charge in [0.25, 0.3) is 0 Å². The second-order valence-corrected chi connectivity index (χ2v) is 13.2. The van der Waals surface area contributed by atoms with E-state index in [2.05, 4.69) is 139 Å². The highest BCUT2D eigenvalue weighted by atomic mass is 35.5. The van der Waals surface area contributed by atoms with Gasteiger partial charge in [-0.25, -0.2) is 4.68 Å². The fourth-order valence-corrected chi connectivity index (χ4v) is 9.86. The van der Waals surface area contributed by atoms with Crippen LogP contribution in [0.15, 0.2) is 145 Å². The van der Waals surface area contributed by atoms with Gasteiger partial charge in [0.1, 0.15) is 35.0 Å². The highest BCUT2D eigenvalue weighted by Gasteiger charge is 2.46. The van der Waals surface area contributed by atoms with Crippen LogP contribution in [-0.2, 0) is 6.16 Å². The minimum Gasteiger partial charge on any atom is -1.00 e. The van der Waals surface area contributed by atoms with Crippen LogP contribution in [0.5, 0.6) is 0 Å². The van der Waals surface area contributed by atoms with Crippen molar-refractivity contribution in [2.24, 2.45) is 0 Å². The molecule has 0 bridgehead atoms. The lowest BCUT2D eigenvalue weighted by Gasteiger charge is -2.27. The Morgan fingerprint density at radius 3 is 1.54 bits per heavy atom. The number of para-hydroxylation sites is 1. The maximum absolute atomic E-state index is 5.13. The summed E-state index contributed by atoms with van der Waals surface area (Å²) in [6.07, 6.45) is 3.14. The van der Waals surface area contributed by atoms with Crippen molar-refractivity contribution in [2.75, 3.05) is 0 Å². The monoisotopic (exact) mass is 536 g/mol. The minimum absolute atomic E-state index is 0. The van der Waals surface area contributed by atoms with Crippen molar-refractivity contribution in [2.45, 2.75) is 6.16 Å². The average molecular weight is 537 g/mol. The normalized spacial score (nSPS) is 11.1. The third kappa shape index (κ3) is 4.91. The van der Waals surface area contributed by atoms with Crippen LogP contribution in [0, 0.1) is 0 Å². The molecule has 0 aliphatic carbocycles. The molecule has 37 heavy (non-hydrogen) atoms. The Morgan fingerprint density at radius 2 is 1.08 bits per heavy atom. The summed E-state index contributed by atoms with van der Waals surface area (Å²) >= 11 is 1.75. The van der Waals surface area contributed by atoms with Crippen molar-refractivity contribution in [1.82, 2.24) is 9.78 Å². The van der Waals surface area contributed by atoms with E-state index in [0.717, 1.165) is 17.5 Å². The molecular weight excluding hydrogens is 511 g/mol. The molecule has 0 spiro atoms. The summed E-state index contributed by atoms with van der Waals surface area (Å²) in [6.45, 7) is 0. The van der Waals surface area contributed by atoms with Crippen LogP contribution < -0.4 is 28.3 Å². The van der Waals surface area contributed by atoms with Gasteiger partial charge in [-0.3, -0.25) is 0 Å². The number of hydrogen-bond acceptors (Lipinski definition) is 2. The van der Waals surface area contributed by atoms with Crippen LogP contribution in [0.25, 0.3) is 16.3 Å². The quantitative estimate of drug-likeness (QED) is 0.281. The summed E-state index contributed by atoms with van der Waals surface area (Å²) in [5.41, 5.74) is 3.41. The first-order chi connectivity index (χ1) is 17.8. The maximum Gasteiger partial charge on any atom is 0.116 e. The molecule has 6 aromatic rings. The summed E-state index contributed by atoms with van der Waals surface area (Å²) in [6, 6.07) is 47.9. The van der Waals surface area contributed by atoms with Crippen LogP contribution in [0.3, 0.4) is 0 Å². The third-order valence-corrected chi connectivity index (χ3v) is 11.8. The largest absolute Gasteiger partial charge is 1.00 e. The number of hydrogen-bond donors (Lipinski definition) is 0. The van der Waals surface area contributed by atoms with E-state index in [9.17, 15) is 0 Å². The van der Waals surface area contributed by atoms with Gasteiger partial charge in [-0.15, -0.1) is 11.3 Å². The van der Waals surface area contributed by atoms with Crippen LogP contribution in [0.2, 0.25) is 0 Å². The summed E-state index contributed by atoms with van der Waals surface area (Å²) in [5.74, 6) is 0. The van der Waals surface area contributed by atoms with Gasteiger partial charge in [0.2, 0.25) is 0 Å². The van der Waals surface area contributed by atoms with E-state index in [1.165, 1.54) is 26.4 Å². The SMILES string of the molecule is [Cl-].c1ccc(-n2cc(C[P+](c3ccccc3)(c3ccccc3)c3ccccc3)c(-c3cccs3)n2)cc1. The van der Waals surface area contributed by atoms with Crippen molar-refractivity contribution in [1.29, 1.82) is 0 Å². The Labute approximate surface area is 229 Å². The summed E-state index contributed by atoms with van der Waals surface area (Å²) in [5, 5.41) is 11.4. The van der Waals surface area contributed by atoms with Crippen LogP contribution in [-0.4, -0.2) is 9.78 Å². The Balaban J connectivity index is 0.00000280. The molecule has 0 saturated carbocycles. The van der Waals surface area contributed by atoms with E-state index in [4.69, 9.17) is 5.10 Å². The molecule has 0 saturated heterocycles. The van der Waals surface area contributed by atoms with E-state index >= 15 is 0 Å². The molecule has 0 aliphatic rings. The summed E-state index contributed by atoms with van der Waals surface area (Å²) < 4.78 is 2.04. The zero-order valence-corrected chi connectivity index (χ0v) is 22.7. The molecule has 5 heteroatoms. The third-order valence-electron chi connectivity index (χ3n) is 6.56. The summed E-state index contributed by atoms with van der Waals surface area (Å²) in [7, 11) is -2.03. The van der Waals surface area contributed by atoms with Crippen molar-refractivity contribution in [3.63, 3.8) is 0 Å². The first-order valence-electron chi connectivity index (χ1n) is 12.1. The zero-order valence-electron chi connectivity index (χ0n) is 20.2. The number of benzene rings is 4. The molecule has 0 unspecified atom stereocenters. The molecule has 0 N–H and O–H groups in total. The Bertz CT molecular complexity index is 1440. The smallest absolute Gasteiger partial charge is 0.116 e. The minimum atomic E-state index is -2.03. The number of thiophene rings is 1. The molecule has 2 nitrogen and oxygen atoms in total. The topological polar surface area (TPSA) is 17.8 Å². The second-order valence-electron chi connectivity index (χ2n) is 8.73. The predicted octanol–water partition coefficient (Wildman–Crippen LogP) is 4.10. The van der Waals surface area contributed by atoms with Crippen molar-refractivity contribution >= 4 is 34.5 Å². The molecule has 0 aliphatic heterocycles. The molecule has 2 aromatic heterocycles. The van der Waals surface area contributed by atoms with Gasteiger partial charge in [-0.1, -0.05) is 78.9 Å². The zero-order chi connectivity index (χ0) is 24.2. The van der Waals surface area contributed by atoms with Crippen LogP contribution >= 0.6 is 18.6 Å². The lowest BCUT2D eigenvalue weighted by atomic mass is 10.2. The van der Waals surface area contributed by atoms with Crippen LogP contribution in [0.4, 0.5) is 0 Å². The fraction of sp³-hybridized carbons (Fsp3) is 0.0312. The van der Waals surface area contributed by atoms with Crippen molar-refractivity contribution in [3.8, 4) is 16.3 Å². The van der Waals surface area contributed by atoms with Crippen molar-refractivity contribution in [3.05, 3.63) is 151 Å². The molecule has 4 aromatic carbocycles. The molecule has 0 amide bonds. The van der Waals surface area contributed by atoms with Gasteiger partial charge in [0.15, 0.2) is 0 Å². The highest BCUT2D eigenvalue weighted by molar-refractivity contribution is 7.95. The van der Waals surface area contributed by atoms with E-state index in [1.54, 1.807) is 11.3 Å². The first-order valence-corrected chi connectivity index (χ1v) is 14.9. The molecule has 0 radical (unpaired) electrons. The summed E-state index contributed by atoms with van der Waals surface area (Å²) in [4.78, 5) is 1.20. The van der Waals surface area contributed by atoms with E-state index in [1.807, 2.05) is 10.7 Å². The molecule has 6 rings (SSSR count). The second kappa shape index (κ2) is 11.3. The fourth-order valence-electron chi connectivity index (χ4n) is 4.88. The van der Waals surface area contributed by atoms with Gasteiger partial charge in [0.05, 0.1) is 10.6 Å². The van der Waals surface area contributed by atoms with Crippen molar-refractivity contribution < 1.29 is 12.4 Å². The average Bonchev–Trinajstić information content (AvgIpc) is 3.64. The van der Waals surface area contributed by atoms with Gasteiger partial charge in [0, 0.05) is 11.8 Å². The Kier molecular flexibility index (Phi) is 7.67. The number of nitrogens with zero attached hydrogens (tertiary/aromatic N) is 2. The number of aromatic nitrogens is 2. The Hall–Kier alpha value is -3.49. The molecule has 0 fully saturated rings. The van der Waals surface area contributed by atoms with E-state index in [0.29, 0.717) is 0 Å². The number of rotatable bonds is 7. The molecule has 182 valence electrons. The molecule has 2 heterocycles. The maximum atomic E-state index is 5.13. The highest BCUT2D eigenvalue weighted by Crippen LogP contribution is 2.59. The Morgan fingerprint density at radius 1 is 0.595 bits per heavy atom. The first kappa shape index (κ1) is 25.2. The van der Waals surface area contributed by atoms with Crippen LogP contribution in [0.1, 0.15) is 5.56 Å². The van der Waals surface area contributed by atoms with E-state index in [-0.39, 0.29) is 12.4 Å². The molecular formula is C32H26ClN2PS. The van der Waals surface area contributed by atoms with Gasteiger partial charge >= 0.3 is 0 Å². The number of halogens is 1. The van der Waals surface area contributed by atoms with Gasteiger partial charge in [-0.05, 0) is 60.0 Å². The van der Waals surface area contributed by atoms with Gasteiger partial charge < -0.3 is 12.4 Å². The predicted molar refractivity (Wildman–Crippen MR) is 156 cm³/mol. The van der Waals surface area contributed by atoms with Gasteiger partial charge in [-0.2, -0.15) is 5.10 Å². The lowest BCUT2D eigenvalue weighted by Crippen LogP contribution is -3.00. The van der Waals surface area contributed by atoms with E-state index < -0.39 is 7.26 Å². The molecule has 0 atom stereocenters.